The summed E-state index contributed by atoms with van der Waals surface area (Å²) in [6.07, 6.45) is 4.15. The molecule has 0 radical (unpaired) electrons. The molecule has 35 heavy (non-hydrogen) atoms. The van der Waals surface area contributed by atoms with E-state index in [1.807, 2.05) is 42.5 Å². The van der Waals surface area contributed by atoms with Crippen LogP contribution >= 0.6 is 11.8 Å². The van der Waals surface area contributed by atoms with Crippen LogP contribution in [0.3, 0.4) is 0 Å². The van der Waals surface area contributed by atoms with Crippen molar-refractivity contribution in [2.75, 3.05) is 20.2 Å². The van der Waals surface area contributed by atoms with Gasteiger partial charge in [-0.3, -0.25) is 24.1 Å². The van der Waals surface area contributed by atoms with Crippen LogP contribution in [0.5, 0.6) is 0 Å². The molecule has 0 atom stereocenters. The summed E-state index contributed by atoms with van der Waals surface area (Å²) in [5.41, 5.74) is 3.82. The van der Waals surface area contributed by atoms with Crippen molar-refractivity contribution >= 4 is 51.8 Å². The predicted octanol–water partition coefficient (Wildman–Crippen LogP) is 3.44. The Morgan fingerprint density at radius 2 is 1.77 bits per heavy atom. The standard InChI is InChI=1S/C26H23N3O5S/c1-34-24(31)16-28-14-19(20-8-4-5-9-21(20)28)12-22-25(32)29(26(33)35-22)15-23(30)27-11-10-17-6-2-3-7-18(17)13-27/h2-9,12,14H,10-11,13,15-16H2,1H3. The molecule has 0 aliphatic carbocycles. The second-order valence-electron chi connectivity index (χ2n) is 8.41. The first-order chi connectivity index (χ1) is 16.9. The summed E-state index contributed by atoms with van der Waals surface area (Å²) in [6.45, 7) is 0.774. The van der Waals surface area contributed by atoms with Crippen LogP contribution < -0.4 is 0 Å². The molecule has 3 aromatic rings. The Hall–Kier alpha value is -3.85. The number of carbonyl (C=O) groups excluding carboxylic acids is 4. The van der Waals surface area contributed by atoms with E-state index in [0.717, 1.165) is 39.5 Å². The lowest BCUT2D eigenvalue weighted by molar-refractivity contribution is -0.141. The molecular formula is C26H23N3O5S. The zero-order valence-corrected chi connectivity index (χ0v) is 19.9. The molecule has 178 valence electrons. The average Bonchev–Trinajstić information content (AvgIpc) is 3.35. The van der Waals surface area contributed by atoms with E-state index in [9.17, 15) is 19.2 Å². The lowest BCUT2D eigenvalue weighted by Crippen LogP contribution is -2.44. The van der Waals surface area contributed by atoms with Crippen LogP contribution in [0.2, 0.25) is 0 Å². The highest BCUT2D eigenvalue weighted by molar-refractivity contribution is 8.18. The zero-order chi connectivity index (χ0) is 24.5. The molecule has 0 saturated carbocycles. The number of amides is 3. The van der Waals surface area contributed by atoms with Crippen molar-refractivity contribution in [3.8, 4) is 0 Å². The topological polar surface area (TPSA) is 88.9 Å². The number of thioether (sulfide) groups is 1. The summed E-state index contributed by atoms with van der Waals surface area (Å²) in [5.74, 6) is -1.13. The first kappa shape index (κ1) is 22.9. The maximum atomic E-state index is 13.1. The van der Waals surface area contributed by atoms with Gasteiger partial charge in [-0.1, -0.05) is 42.5 Å². The van der Waals surface area contributed by atoms with Crippen LogP contribution in [0.4, 0.5) is 4.79 Å². The lowest BCUT2D eigenvalue weighted by Gasteiger charge is -2.29. The molecule has 1 fully saturated rings. The van der Waals surface area contributed by atoms with Crippen LogP contribution in [0, 0.1) is 0 Å². The molecule has 1 saturated heterocycles. The van der Waals surface area contributed by atoms with Gasteiger partial charge >= 0.3 is 5.97 Å². The number of imide groups is 1. The fourth-order valence-corrected chi connectivity index (χ4v) is 5.28. The van der Waals surface area contributed by atoms with Crippen LogP contribution in [0.25, 0.3) is 17.0 Å². The number of aromatic nitrogens is 1. The number of esters is 1. The number of rotatable bonds is 5. The Bertz CT molecular complexity index is 1390. The smallest absolute Gasteiger partial charge is 0.325 e. The molecule has 2 aliphatic heterocycles. The fourth-order valence-electron chi connectivity index (χ4n) is 4.45. The van der Waals surface area contributed by atoms with Gasteiger partial charge in [-0.05, 0) is 41.5 Å². The minimum atomic E-state index is -0.490. The molecule has 5 rings (SSSR count). The van der Waals surface area contributed by atoms with E-state index in [1.165, 1.54) is 12.7 Å². The summed E-state index contributed by atoms with van der Waals surface area (Å²) in [5, 5.41) is 0.372. The summed E-state index contributed by atoms with van der Waals surface area (Å²) in [7, 11) is 1.33. The van der Waals surface area contributed by atoms with E-state index in [0.29, 0.717) is 18.7 Å². The Morgan fingerprint density at radius 3 is 2.57 bits per heavy atom. The number of fused-ring (bicyclic) bond motifs is 2. The van der Waals surface area contributed by atoms with E-state index in [2.05, 4.69) is 6.07 Å². The zero-order valence-electron chi connectivity index (χ0n) is 19.1. The number of hydrogen-bond donors (Lipinski definition) is 0. The van der Waals surface area contributed by atoms with Crippen molar-refractivity contribution in [2.45, 2.75) is 19.5 Å². The maximum Gasteiger partial charge on any atom is 0.325 e. The van der Waals surface area contributed by atoms with Gasteiger partial charge in [0.05, 0.1) is 12.0 Å². The normalized spacial score (nSPS) is 16.8. The molecule has 0 spiro atoms. The minimum Gasteiger partial charge on any atom is -0.468 e. The van der Waals surface area contributed by atoms with Gasteiger partial charge in [0.1, 0.15) is 13.1 Å². The van der Waals surface area contributed by atoms with Gasteiger partial charge in [-0.15, -0.1) is 0 Å². The third-order valence-corrected chi connectivity index (χ3v) is 7.19. The fraction of sp³-hybridized carbons (Fsp3) is 0.231. The van der Waals surface area contributed by atoms with Crippen molar-refractivity contribution in [2.24, 2.45) is 0 Å². The van der Waals surface area contributed by atoms with E-state index in [-0.39, 0.29) is 23.9 Å². The molecule has 2 aliphatic rings. The number of ether oxygens (including phenoxy) is 1. The van der Waals surface area contributed by atoms with Gasteiger partial charge in [-0.25, -0.2) is 0 Å². The van der Waals surface area contributed by atoms with Crippen molar-refractivity contribution in [3.63, 3.8) is 0 Å². The molecule has 3 heterocycles. The Kier molecular flexibility index (Phi) is 6.17. The van der Waals surface area contributed by atoms with Crippen molar-refractivity contribution < 1.29 is 23.9 Å². The number of carbonyl (C=O) groups is 4. The average molecular weight is 490 g/mol. The highest BCUT2D eigenvalue weighted by atomic mass is 32.2. The van der Waals surface area contributed by atoms with Crippen LogP contribution in [0.1, 0.15) is 16.7 Å². The second kappa shape index (κ2) is 9.42. The number of hydrogen-bond acceptors (Lipinski definition) is 6. The van der Waals surface area contributed by atoms with Crippen molar-refractivity contribution in [1.29, 1.82) is 0 Å². The highest BCUT2D eigenvalue weighted by Crippen LogP contribution is 2.34. The van der Waals surface area contributed by atoms with Gasteiger partial charge in [0, 0.05) is 35.8 Å². The molecule has 1 aromatic heterocycles. The summed E-state index contributed by atoms with van der Waals surface area (Å²) < 4.78 is 6.52. The Balaban J connectivity index is 1.35. The molecule has 0 bridgehead atoms. The number of nitrogens with zero attached hydrogens (tertiary/aromatic N) is 3. The van der Waals surface area contributed by atoms with E-state index in [4.69, 9.17) is 4.74 Å². The molecule has 0 unspecified atom stereocenters. The molecule has 9 heteroatoms. The number of benzene rings is 2. The summed E-state index contributed by atoms with van der Waals surface area (Å²) in [6, 6.07) is 15.5. The number of para-hydroxylation sites is 1. The molecule has 0 N–H and O–H groups in total. The third-order valence-electron chi connectivity index (χ3n) is 6.28. The van der Waals surface area contributed by atoms with Gasteiger partial charge in [0.25, 0.3) is 11.1 Å². The van der Waals surface area contributed by atoms with Gasteiger partial charge in [-0.2, -0.15) is 0 Å². The maximum absolute atomic E-state index is 13.1. The molecule has 8 nitrogen and oxygen atoms in total. The highest BCUT2D eigenvalue weighted by Gasteiger charge is 2.37. The monoisotopic (exact) mass is 489 g/mol. The lowest BCUT2D eigenvalue weighted by atomic mass is 10.00. The first-order valence-electron chi connectivity index (χ1n) is 11.2. The largest absolute Gasteiger partial charge is 0.468 e. The molecular weight excluding hydrogens is 466 g/mol. The predicted molar refractivity (Wildman–Crippen MR) is 132 cm³/mol. The minimum absolute atomic E-state index is 0.0276. The summed E-state index contributed by atoms with van der Waals surface area (Å²) in [4.78, 5) is 53.4. The molecule has 3 amide bonds. The Morgan fingerprint density at radius 1 is 1.03 bits per heavy atom. The van der Waals surface area contributed by atoms with Crippen LogP contribution in [-0.2, 0) is 38.6 Å². The van der Waals surface area contributed by atoms with E-state index >= 15 is 0 Å². The van der Waals surface area contributed by atoms with Crippen molar-refractivity contribution in [1.82, 2.24) is 14.4 Å². The SMILES string of the molecule is COC(=O)Cn1cc(C=C2SC(=O)N(CC(=O)N3CCc4ccccc4C3)C2=O)c2ccccc21. The van der Waals surface area contributed by atoms with Crippen LogP contribution in [0.15, 0.2) is 59.6 Å². The van der Waals surface area contributed by atoms with Gasteiger partial charge in [0.15, 0.2) is 0 Å². The van der Waals surface area contributed by atoms with Gasteiger partial charge < -0.3 is 14.2 Å². The molecule has 2 aromatic carbocycles. The van der Waals surface area contributed by atoms with Gasteiger partial charge in [0.2, 0.25) is 5.91 Å². The number of methoxy groups -OCH3 is 1. The summed E-state index contributed by atoms with van der Waals surface area (Å²) >= 11 is 0.817. The van der Waals surface area contributed by atoms with Crippen molar-refractivity contribution in [3.05, 3.63) is 76.3 Å². The van der Waals surface area contributed by atoms with E-state index in [1.54, 1.807) is 21.7 Å². The quantitative estimate of drug-likeness (QED) is 0.403. The third kappa shape index (κ3) is 4.46. The van der Waals surface area contributed by atoms with E-state index < -0.39 is 17.1 Å². The first-order valence-corrected chi connectivity index (χ1v) is 12.0. The Labute approximate surface area is 206 Å². The van der Waals surface area contributed by atoms with Crippen LogP contribution in [-0.4, -0.2) is 57.6 Å². The second-order valence-corrected chi connectivity index (χ2v) is 9.40.